The van der Waals surface area contributed by atoms with Crippen LogP contribution in [0, 0.1) is 0 Å². The van der Waals surface area contributed by atoms with E-state index in [9.17, 15) is 4.79 Å². The molecule has 6 nitrogen and oxygen atoms in total. The van der Waals surface area contributed by atoms with Crippen molar-refractivity contribution in [2.75, 3.05) is 7.11 Å². The van der Waals surface area contributed by atoms with Gasteiger partial charge >= 0.3 is 0 Å². The molecule has 1 atom stereocenters. The van der Waals surface area contributed by atoms with Crippen LogP contribution in [0.2, 0.25) is 0 Å². The number of nitrogens with zero attached hydrogens (tertiary/aromatic N) is 2. The number of methoxy groups -OCH3 is 1. The molecule has 38 heavy (non-hydrogen) atoms. The Balaban J connectivity index is 0.000000211. The van der Waals surface area contributed by atoms with E-state index in [0.29, 0.717) is 5.92 Å². The molecule has 0 bridgehead atoms. The summed E-state index contributed by atoms with van der Waals surface area (Å²) in [6, 6.07) is 20.5. The quantitative estimate of drug-likeness (QED) is 0.252. The Morgan fingerprint density at radius 1 is 0.947 bits per heavy atom. The number of amides is 1. The summed E-state index contributed by atoms with van der Waals surface area (Å²) in [4.78, 5) is 17.0. The van der Waals surface area contributed by atoms with Crippen molar-refractivity contribution in [2.45, 2.75) is 103 Å². The SMILES string of the molecule is CCCC(CCC)c1nc(Cc2ccccc2)no1.CCCC(NC(=O)C1(OC)CCC1)c1ccccc1. The summed E-state index contributed by atoms with van der Waals surface area (Å²) in [6.07, 6.45) is 10.0. The predicted octanol–water partition coefficient (Wildman–Crippen LogP) is 7.56. The Morgan fingerprint density at radius 3 is 2.08 bits per heavy atom. The third kappa shape index (κ3) is 8.26. The zero-order valence-electron chi connectivity index (χ0n) is 23.6. The predicted molar refractivity (Wildman–Crippen MR) is 152 cm³/mol. The molecule has 1 saturated carbocycles. The van der Waals surface area contributed by atoms with Crippen LogP contribution in [0.4, 0.5) is 0 Å². The Kier molecular flexibility index (Phi) is 12.0. The minimum absolute atomic E-state index is 0.0450. The Morgan fingerprint density at radius 2 is 1.55 bits per heavy atom. The van der Waals surface area contributed by atoms with E-state index in [0.717, 1.165) is 75.9 Å². The lowest BCUT2D eigenvalue weighted by molar-refractivity contribution is -0.155. The van der Waals surface area contributed by atoms with E-state index >= 15 is 0 Å². The molecular weight excluding hydrogens is 474 g/mol. The molecule has 1 N–H and O–H groups in total. The van der Waals surface area contributed by atoms with Crippen LogP contribution in [-0.4, -0.2) is 28.8 Å². The topological polar surface area (TPSA) is 77.3 Å². The maximum absolute atomic E-state index is 12.4. The highest BCUT2D eigenvalue weighted by Gasteiger charge is 2.45. The van der Waals surface area contributed by atoms with Gasteiger partial charge in [-0.3, -0.25) is 4.79 Å². The number of hydrogen-bond acceptors (Lipinski definition) is 5. The van der Waals surface area contributed by atoms with Crippen LogP contribution in [0.3, 0.4) is 0 Å². The maximum Gasteiger partial charge on any atom is 0.252 e. The molecule has 0 saturated heterocycles. The molecule has 1 unspecified atom stereocenters. The first-order valence-corrected chi connectivity index (χ1v) is 14.3. The van der Waals surface area contributed by atoms with Crippen molar-refractivity contribution >= 4 is 5.91 Å². The summed E-state index contributed by atoms with van der Waals surface area (Å²) in [5.41, 5.74) is 1.82. The van der Waals surface area contributed by atoms with E-state index in [1.165, 1.54) is 11.1 Å². The first kappa shape index (κ1) is 29.6. The molecule has 4 rings (SSSR count). The number of benzene rings is 2. The zero-order chi connectivity index (χ0) is 27.2. The van der Waals surface area contributed by atoms with Crippen LogP contribution in [0.5, 0.6) is 0 Å². The number of carbonyl (C=O) groups is 1. The van der Waals surface area contributed by atoms with Gasteiger partial charge in [-0.25, -0.2) is 0 Å². The second-order valence-electron chi connectivity index (χ2n) is 10.3. The lowest BCUT2D eigenvalue weighted by Gasteiger charge is -2.39. The first-order valence-electron chi connectivity index (χ1n) is 14.3. The van der Waals surface area contributed by atoms with E-state index in [2.05, 4.69) is 60.5 Å². The van der Waals surface area contributed by atoms with Gasteiger partial charge in [-0.05, 0) is 49.7 Å². The summed E-state index contributed by atoms with van der Waals surface area (Å²) < 4.78 is 10.9. The van der Waals surface area contributed by atoms with Gasteiger partial charge in [0.25, 0.3) is 5.91 Å². The molecule has 1 aliphatic rings. The number of nitrogens with one attached hydrogen (secondary N) is 1. The second-order valence-corrected chi connectivity index (χ2v) is 10.3. The van der Waals surface area contributed by atoms with Crippen molar-refractivity contribution in [3.05, 3.63) is 83.5 Å². The van der Waals surface area contributed by atoms with Crippen molar-refractivity contribution in [1.29, 1.82) is 0 Å². The van der Waals surface area contributed by atoms with Gasteiger partial charge in [-0.2, -0.15) is 4.98 Å². The van der Waals surface area contributed by atoms with Crippen molar-refractivity contribution in [1.82, 2.24) is 15.5 Å². The lowest BCUT2D eigenvalue weighted by Crippen LogP contribution is -2.53. The molecule has 3 aromatic rings. The molecule has 0 aliphatic heterocycles. The van der Waals surface area contributed by atoms with E-state index in [-0.39, 0.29) is 11.9 Å². The summed E-state index contributed by atoms with van der Waals surface area (Å²) in [5.74, 6) is 2.07. The fourth-order valence-electron chi connectivity index (χ4n) is 4.98. The molecular formula is C32H45N3O3. The van der Waals surface area contributed by atoms with Gasteiger partial charge in [0.05, 0.1) is 6.04 Å². The highest BCUT2D eigenvalue weighted by Crippen LogP contribution is 2.36. The normalized spacial score (nSPS) is 14.8. The van der Waals surface area contributed by atoms with Gasteiger partial charge < -0.3 is 14.6 Å². The number of carbonyl (C=O) groups excluding carboxylic acids is 1. The second kappa shape index (κ2) is 15.4. The summed E-state index contributed by atoms with van der Waals surface area (Å²) >= 11 is 0. The van der Waals surface area contributed by atoms with Gasteiger partial charge in [0.1, 0.15) is 5.60 Å². The van der Waals surface area contributed by atoms with Crippen molar-refractivity contribution in [3.63, 3.8) is 0 Å². The van der Waals surface area contributed by atoms with Crippen molar-refractivity contribution in [3.8, 4) is 0 Å². The minimum atomic E-state index is -0.569. The maximum atomic E-state index is 12.4. The number of aromatic nitrogens is 2. The summed E-state index contributed by atoms with van der Waals surface area (Å²) in [7, 11) is 1.64. The van der Waals surface area contributed by atoms with Crippen LogP contribution in [0.25, 0.3) is 0 Å². The molecule has 2 aromatic carbocycles. The molecule has 0 radical (unpaired) electrons. The molecule has 6 heteroatoms. The average molecular weight is 520 g/mol. The third-order valence-electron chi connectivity index (χ3n) is 7.36. The van der Waals surface area contributed by atoms with E-state index in [1.54, 1.807) is 7.11 Å². The van der Waals surface area contributed by atoms with E-state index in [4.69, 9.17) is 9.26 Å². The number of hydrogen-bond donors (Lipinski definition) is 1. The summed E-state index contributed by atoms with van der Waals surface area (Å²) in [5, 5.41) is 7.27. The molecule has 1 fully saturated rings. The van der Waals surface area contributed by atoms with Crippen LogP contribution in [0.1, 0.15) is 113 Å². The minimum Gasteiger partial charge on any atom is -0.368 e. The first-order chi connectivity index (χ1) is 18.5. The highest BCUT2D eigenvalue weighted by atomic mass is 16.5. The monoisotopic (exact) mass is 519 g/mol. The van der Waals surface area contributed by atoms with Gasteiger partial charge in [0.15, 0.2) is 5.82 Å². The van der Waals surface area contributed by atoms with Crippen LogP contribution < -0.4 is 5.32 Å². The smallest absolute Gasteiger partial charge is 0.252 e. The summed E-state index contributed by atoms with van der Waals surface area (Å²) in [6.45, 7) is 6.53. The van der Waals surface area contributed by atoms with Gasteiger partial charge in [0.2, 0.25) is 5.89 Å². The van der Waals surface area contributed by atoms with Crippen LogP contribution in [-0.2, 0) is 16.0 Å². The molecule has 1 aromatic heterocycles. The largest absolute Gasteiger partial charge is 0.368 e. The lowest BCUT2D eigenvalue weighted by atomic mass is 9.79. The van der Waals surface area contributed by atoms with Crippen LogP contribution in [0.15, 0.2) is 65.2 Å². The Hall–Kier alpha value is -2.99. The van der Waals surface area contributed by atoms with Gasteiger partial charge in [-0.1, -0.05) is 106 Å². The number of rotatable bonds is 13. The average Bonchev–Trinajstić information content (AvgIpc) is 3.38. The van der Waals surface area contributed by atoms with Crippen molar-refractivity contribution in [2.24, 2.45) is 0 Å². The standard InChI is InChI=1S/C16H22N2O.C16H23NO2/c1-3-8-14(9-4-2)16-17-15(18-19-16)12-13-10-6-5-7-11-13;1-3-8-14(13-9-5-4-6-10-13)17-15(18)16(19-2)11-7-12-16/h5-7,10-11,14H,3-4,8-9,12H2,1-2H3;4-6,9-10,14H,3,7-8,11-12H2,1-2H3,(H,17,18). The fourth-order valence-corrected chi connectivity index (χ4v) is 4.98. The fraction of sp³-hybridized carbons (Fsp3) is 0.531. The van der Waals surface area contributed by atoms with Crippen molar-refractivity contribution < 1.29 is 14.1 Å². The number of ether oxygens (including phenoxy) is 1. The Bertz CT molecular complexity index is 1050. The molecule has 206 valence electrons. The molecule has 0 spiro atoms. The van der Waals surface area contributed by atoms with Crippen LogP contribution >= 0.6 is 0 Å². The van der Waals surface area contributed by atoms with E-state index in [1.807, 2.05) is 36.4 Å². The third-order valence-corrected chi connectivity index (χ3v) is 7.36. The Labute approximate surface area is 228 Å². The molecule has 1 heterocycles. The molecule has 1 aliphatic carbocycles. The molecule has 1 amide bonds. The van der Waals surface area contributed by atoms with E-state index < -0.39 is 5.60 Å². The van der Waals surface area contributed by atoms with Gasteiger partial charge in [0, 0.05) is 19.4 Å². The van der Waals surface area contributed by atoms with Gasteiger partial charge in [-0.15, -0.1) is 0 Å². The highest BCUT2D eigenvalue weighted by molar-refractivity contribution is 5.86. The zero-order valence-corrected chi connectivity index (χ0v) is 23.6.